The Morgan fingerprint density at radius 3 is 1.26 bits per heavy atom. The molecule has 0 atom stereocenters. The van der Waals surface area contributed by atoms with Gasteiger partial charge in [-0.1, -0.05) is 96.7 Å². The molecule has 0 spiro atoms. The zero-order valence-corrected chi connectivity index (χ0v) is 19.4. The molecule has 0 amide bonds. The molecular weight excluding hydrogens is 475 g/mol. The molecule has 8 rings (SSSR count). The topological polar surface area (TPSA) is 18.5 Å². The van der Waals surface area contributed by atoms with Crippen LogP contribution < -0.4 is 25.9 Å². The van der Waals surface area contributed by atoms with Gasteiger partial charge in [-0.15, -0.1) is 0 Å². The number of hydrogen-bond donors (Lipinski definition) is 0. The molecule has 0 radical (unpaired) electrons. The molecule has 0 bridgehead atoms. The van der Waals surface area contributed by atoms with E-state index < -0.39 is 202 Å². The lowest BCUT2D eigenvalue weighted by Crippen LogP contribution is -2.57. The van der Waals surface area contributed by atoms with E-state index in [0.717, 1.165) is 0 Å². The maximum atomic E-state index is 9.59. The van der Waals surface area contributed by atoms with E-state index in [2.05, 4.69) is 0 Å². The maximum absolute atomic E-state index is 9.59. The van der Waals surface area contributed by atoms with Crippen molar-refractivity contribution in [1.29, 1.82) is 0 Å². The van der Waals surface area contributed by atoms with Crippen LogP contribution in [0.4, 0.5) is 0 Å². The van der Waals surface area contributed by atoms with Gasteiger partial charge in [-0.05, 0) is 86.6 Å². The lowest BCUT2D eigenvalue weighted by molar-refractivity contribution is 0.465. The van der Waals surface area contributed by atoms with Crippen LogP contribution in [0.3, 0.4) is 0 Å². The Bertz CT molecular complexity index is 2880. The van der Waals surface area contributed by atoms with Crippen molar-refractivity contribution in [2.24, 2.45) is 0 Å². The first-order chi connectivity index (χ1) is 28.9. The molecule has 2 aliphatic heterocycles. The number of ether oxygens (including phenoxy) is 2. The lowest BCUT2D eigenvalue weighted by atomic mass is 9.35. The van der Waals surface area contributed by atoms with Gasteiger partial charge in [0.05, 0.1) is 31.5 Å². The molecule has 0 aromatic heterocycles. The van der Waals surface area contributed by atoms with E-state index >= 15 is 0 Å². The van der Waals surface area contributed by atoms with Crippen LogP contribution in [-0.4, -0.2) is 6.71 Å². The highest BCUT2D eigenvalue weighted by Crippen LogP contribution is 2.40. The minimum atomic E-state index is -1.61. The van der Waals surface area contributed by atoms with Gasteiger partial charge in [0.15, 0.2) is 0 Å². The fourth-order valence-electron chi connectivity index (χ4n) is 4.46. The molecule has 3 heteroatoms. The minimum absolute atomic E-state index is 0.314. The smallest absolute Gasteiger partial charge is 0.260 e. The summed E-state index contributed by atoms with van der Waals surface area (Å²) in [4.78, 5) is 0. The molecule has 2 nitrogen and oxygen atoms in total. The SMILES string of the molecule is [2H]c1c([2H])c([2H])c(-c2c([2H])c(-c3c([2H])c([2H])c([2H])c([2H])c3[2H])c([2H])c(-c3c([2H])c4c5c(c3[2H])Oc3c([2H])c([2H])c([2H])c([2H])c3B5c3c([2H])c([2H])c([2H])c([2H])c3O4)c2[2H])c([2H])c1[2H]. The van der Waals surface area contributed by atoms with Crippen molar-refractivity contribution < 1.29 is 41.0 Å². The molecule has 0 N–H and O–H groups in total. The van der Waals surface area contributed by atoms with Crippen molar-refractivity contribution in [3.8, 4) is 56.4 Å². The van der Waals surface area contributed by atoms with Crippen molar-refractivity contribution in [1.82, 2.24) is 0 Å². The standard InChI is InChI=1S/C36H23BO2/c1-3-11-24(12-4-1)26-19-27(25-13-5-2-6-14-25)21-28(20-26)29-22-34-36-35(23-29)39-33-18-10-8-16-31(33)37(36)30-15-7-9-17-32(30)38-34/h1-23H/i1D,2D,3D,4D,5D,6D,7D,8D,9D,10D,11D,12D,13D,14D,15D,16D,17D,18D,19D,20D,21D,22D,23D. The van der Waals surface area contributed by atoms with Crippen LogP contribution in [0.25, 0.3) is 33.4 Å². The fourth-order valence-corrected chi connectivity index (χ4v) is 4.46. The third kappa shape index (κ3) is 3.66. The molecule has 0 aliphatic carbocycles. The van der Waals surface area contributed by atoms with Crippen LogP contribution in [0.5, 0.6) is 23.0 Å². The summed E-state index contributed by atoms with van der Waals surface area (Å²) >= 11 is 0. The van der Waals surface area contributed by atoms with Crippen molar-refractivity contribution in [3.05, 3.63) is 139 Å². The molecule has 6 aromatic carbocycles. The van der Waals surface area contributed by atoms with Crippen LogP contribution in [0.1, 0.15) is 31.5 Å². The lowest BCUT2D eigenvalue weighted by Gasteiger charge is -2.33. The third-order valence-corrected chi connectivity index (χ3v) is 6.10. The first-order valence-corrected chi connectivity index (χ1v) is 11.4. The third-order valence-electron chi connectivity index (χ3n) is 6.10. The molecular formula is C36H23BO2. The summed E-state index contributed by atoms with van der Waals surface area (Å²) in [7, 11) is 0. The Morgan fingerprint density at radius 2 is 0.769 bits per heavy atom. The molecule has 182 valence electrons. The Labute approximate surface area is 260 Å². The first-order valence-electron chi connectivity index (χ1n) is 22.9. The van der Waals surface area contributed by atoms with Gasteiger partial charge in [-0.3, -0.25) is 0 Å². The largest absolute Gasteiger partial charge is 0.458 e. The van der Waals surface area contributed by atoms with E-state index in [1.54, 1.807) is 0 Å². The number of fused-ring (bicyclic) bond motifs is 4. The second kappa shape index (κ2) is 8.78. The summed E-state index contributed by atoms with van der Waals surface area (Å²) in [5.41, 5.74) is -5.87. The number of para-hydroxylation sites is 2. The zero-order valence-electron chi connectivity index (χ0n) is 42.4. The number of benzene rings is 6. The van der Waals surface area contributed by atoms with E-state index in [1.165, 1.54) is 0 Å². The Balaban J connectivity index is 1.60. The van der Waals surface area contributed by atoms with Crippen LogP contribution in [0, 0.1) is 0 Å². The quantitative estimate of drug-likeness (QED) is 0.225. The summed E-state index contributed by atoms with van der Waals surface area (Å²) in [6, 6.07) is -20.0. The maximum Gasteiger partial charge on any atom is 0.260 e. The second-order valence-electron chi connectivity index (χ2n) is 8.32. The van der Waals surface area contributed by atoms with E-state index in [9.17, 15) is 6.85 Å². The summed E-state index contributed by atoms with van der Waals surface area (Å²) in [5, 5.41) is 0. The molecule has 0 saturated carbocycles. The van der Waals surface area contributed by atoms with Gasteiger partial charge >= 0.3 is 0 Å². The van der Waals surface area contributed by atoms with Gasteiger partial charge in [0.1, 0.15) is 23.0 Å². The van der Waals surface area contributed by atoms with E-state index in [0.29, 0.717) is 0 Å². The van der Waals surface area contributed by atoms with E-state index in [4.69, 9.17) is 34.1 Å². The summed E-state index contributed by atoms with van der Waals surface area (Å²) in [6.07, 6.45) is 0. The molecule has 2 heterocycles. The fraction of sp³-hybridized carbons (Fsp3) is 0. The van der Waals surface area contributed by atoms with Crippen molar-refractivity contribution in [3.63, 3.8) is 0 Å². The van der Waals surface area contributed by atoms with Gasteiger partial charge in [-0.2, -0.15) is 0 Å². The van der Waals surface area contributed by atoms with Crippen molar-refractivity contribution >= 4 is 23.1 Å². The average molecular weight is 522 g/mol. The highest BCUT2D eigenvalue weighted by Gasteiger charge is 2.40. The number of rotatable bonds is 3. The van der Waals surface area contributed by atoms with E-state index in [-0.39, 0.29) is 16.4 Å². The molecule has 0 saturated heterocycles. The predicted octanol–water partition coefficient (Wildman–Crippen LogP) is 7.42. The van der Waals surface area contributed by atoms with Gasteiger partial charge in [0.2, 0.25) is 0 Å². The molecule has 39 heavy (non-hydrogen) atoms. The van der Waals surface area contributed by atoms with Crippen molar-refractivity contribution in [2.75, 3.05) is 0 Å². The molecule has 0 unspecified atom stereocenters. The highest BCUT2D eigenvalue weighted by atomic mass is 16.5. The van der Waals surface area contributed by atoms with Gasteiger partial charge in [-0.25, -0.2) is 0 Å². The predicted molar refractivity (Wildman–Crippen MR) is 160 cm³/mol. The van der Waals surface area contributed by atoms with Crippen LogP contribution >= 0.6 is 0 Å². The monoisotopic (exact) mass is 521 g/mol. The minimum Gasteiger partial charge on any atom is -0.458 e. The van der Waals surface area contributed by atoms with Gasteiger partial charge < -0.3 is 9.47 Å². The van der Waals surface area contributed by atoms with Gasteiger partial charge in [0.25, 0.3) is 6.71 Å². The normalized spacial score (nSPS) is 20.7. The highest BCUT2D eigenvalue weighted by molar-refractivity contribution is 6.98. The first kappa shape index (κ1) is 9.03. The molecule has 2 aliphatic rings. The Morgan fingerprint density at radius 1 is 0.385 bits per heavy atom. The van der Waals surface area contributed by atoms with Gasteiger partial charge in [0, 0.05) is 5.46 Å². The molecule has 6 aromatic rings. The summed E-state index contributed by atoms with van der Waals surface area (Å²) in [6.45, 7) is -1.61. The average Bonchev–Trinajstić information content (AvgIpc) is 3.24. The summed E-state index contributed by atoms with van der Waals surface area (Å²) < 4.78 is 213. The summed E-state index contributed by atoms with van der Waals surface area (Å²) in [5.74, 6) is -2.44. The molecule has 0 fully saturated rings. The number of hydrogen-bond acceptors (Lipinski definition) is 2. The van der Waals surface area contributed by atoms with Crippen LogP contribution in [0.15, 0.2) is 139 Å². The Kier molecular flexibility index (Phi) is 2.03. The van der Waals surface area contributed by atoms with Crippen molar-refractivity contribution in [2.45, 2.75) is 0 Å². The second-order valence-corrected chi connectivity index (χ2v) is 8.32. The van der Waals surface area contributed by atoms with Crippen LogP contribution in [0.2, 0.25) is 0 Å². The van der Waals surface area contributed by atoms with Crippen LogP contribution in [-0.2, 0) is 0 Å². The zero-order chi connectivity index (χ0) is 45.8. The van der Waals surface area contributed by atoms with E-state index in [1.807, 2.05) is 0 Å². The Hall–Kier alpha value is -5.02.